The molecule has 0 spiro atoms. The first-order valence-electron chi connectivity index (χ1n) is 8.97. The van der Waals surface area contributed by atoms with Crippen molar-refractivity contribution in [3.05, 3.63) is 41.3 Å². The molecule has 174 valence electrons. The number of benzene rings is 1. The summed E-state index contributed by atoms with van der Waals surface area (Å²) in [6, 6.07) is 4.86. The Hall–Kier alpha value is -3.30. The number of hydrogen-bond donors (Lipinski definition) is 1. The van der Waals surface area contributed by atoms with E-state index in [1.54, 1.807) is 24.4 Å². The van der Waals surface area contributed by atoms with Crippen molar-refractivity contribution in [3.63, 3.8) is 0 Å². The summed E-state index contributed by atoms with van der Waals surface area (Å²) in [5.74, 6) is -1.38. The van der Waals surface area contributed by atoms with Gasteiger partial charge in [0.2, 0.25) is 21.7 Å². The molecular weight excluding hydrogens is 530 g/mol. The SMILES string of the molecule is COc1nc(-n2cc(S(N)(=O)=O)c3ccc(Br)c(-n4cccn4)c32)nc(OC)c1OC(F)F. The number of sulfonamides is 1. The Bertz CT molecular complexity index is 1420. The van der Waals surface area contributed by atoms with E-state index in [0.717, 1.165) is 0 Å². The Kier molecular flexibility index (Phi) is 5.94. The zero-order valence-corrected chi connectivity index (χ0v) is 19.3. The molecule has 15 heteroatoms. The van der Waals surface area contributed by atoms with Gasteiger partial charge in [0, 0.05) is 28.4 Å². The van der Waals surface area contributed by atoms with Gasteiger partial charge < -0.3 is 14.2 Å². The molecule has 0 saturated carbocycles. The average Bonchev–Trinajstić information content (AvgIpc) is 3.41. The first-order valence-corrected chi connectivity index (χ1v) is 11.3. The molecule has 0 aliphatic rings. The fraction of sp³-hybridized carbons (Fsp3) is 0.167. The van der Waals surface area contributed by atoms with Crippen LogP contribution in [0, 0.1) is 0 Å². The van der Waals surface area contributed by atoms with E-state index in [1.165, 1.54) is 35.9 Å². The van der Waals surface area contributed by atoms with Crippen LogP contribution in [0.15, 0.2) is 46.2 Å². The van der Waals surface area contributed by atoms with Crippen LogP contribution in [0.25, 0.3) is 22.5 Å². The van der Waals surface area contributed by atoms with Crippen molar-refractivity contribution < 1.29 is 31.4 Å². The number of alkyl halides is 2. The van der Waals surface area contributed by atoms with Crippen molar-refractivity contribution in [1.82, 2.24) is 24.3 Å². The fourth-order valence-corrected chi connectivity index (χ4v) is 4.45. The van der Waals surface area contributed by atoms with E-state index in [9.17, 15) is 17.2 Å². The van der Waals surface area contributed by atoms with Crippen molar-refractivity contribution in [1.29, 1.82) is 0 Å². The Labute approximate surface area is 193 Å². The number of aromatic nitrogens is 5. The summed E-state index contributed by atoms with van der Waals surface area (Å²) in [5.41, 5.74) is 0.755. The molecule has 3 heterocycles. The average molecular weight is 545 g/mol. The second-order valence-corrected chi connectivity index (χ2v) is 8.79. The van der Waals surface area contributed by atoms with Gasteiger partial charge in [-0.05, 0) is 28.1 Å². The predicted molar refractivity (Wildman–Crippen MR) is 115 cm³/mol. The maximum atomic E-state index is 12.9. The van der Waals surface area contributed by atoms with Crippen LogP contribution in [0.3, 0.4) is 0 Å². The molecule has 0 aliphatic carbocycles. The van der Waals surface area contributed by atoms with Crippen LogP contribution in [0.1, 0.15) is 0 Å². The summed E-state index contributed by atoms with van der Waals surface area (Å²) < 4.78 is 68.4. The van der Waals surface area contributed by atoms with Crippen LogP contribution in [0.4, 0.5) is 8.78 Å². The summed E-state index contributed by atoms with van der Waals surface area (Å²) in [6.45, 7) is -3.19. The van der Waals surface area contributed by atoms with Gasteiger partial charge in [0.05, 0.1) is 19.7 Å². The van der Waals surface area contributed by atoms with E-state index in [4.69, 9.17) is 14.6 Å². The topological polar surface area (TPSA) is 136 Å². The highest BCUT2D eigenvalue weighted by atomic mass is 79.9. The van der Waals surface area contributed by atoms with Crippen LogP contribution < -0.4 is 19.3 Å². The summed E-state index contributed by atoms with van der Waals surface area (Å²) in [4.78, 5) is 8.05. The molecule has 0 saturated heterocycles. The molecule has 11 nitrogen and oxygen atoms in total. The minimum absolute atomic E-state index is 0.156. The van der Waals surface area contributed by atoms with Crippen LogP contribution in [0.5, 0.6) is 17.5 Å². The van der Waals surface area contributed by atoms with Crippen molar-refractivity contribution in [2.75, 3.05) is 14.2 Å². The summed E-state index contributed by atoms with van der Waals surface area (Å²) in [6.07, 6.45) is 4.40. The smallest absolute Gasteiger partial charge is 0.387 e. The van der Waals surface area contributed by atoms with Gasteiger partial charge in [-0.3, -0.25) is 4.57 Å². The quantitative estimate of drug-likeness (QED) is 0.375. The highest BCUT2D eigenvalue weighted by Crippen LogP contribution is 2.39. The predicted octanol–water partition coefficient (Wildman–Crippen LogP) is 2.63. The van der Waals surface area contributed by atoms with Crippen molar-refractivity contribution in [2.24, 2.45) is 5.14 Å². The number of hydrogen-bond acceptors (Lipinski definition) is 8. The molecule has 33 heavy (non-hydrogen) atoms. The Morgan fingerprint density at radius 1 is 1.15 bits per heavy atom. The summed E-state index contributed by atoms with van der Waals surface area (Å²) in [5, 5.41) is 9.91. The summed E-state index contributed by atoms with van der Waals surface area (Å²) >= 11 is 3.45. The third-order valence-corrected chi connectivity index (χ3v) is 6.07. The van der Waals surface area contributed by atoms with Crippen molar-refractivity contribution in [2.45, 2.75) is 11.5 Å². The number of ether oxygens (including phenoxy) is 3. The molecular formula is C18H15BrF2N6O5S. The second kappa shape index (κ2) is 8.57. The molecule has 4 aromatic rings. The number of rotatable bonds is 7. The molecule has 0 unspecified atom stereocenters. The van der Waals surface area contributed by atoms with Gasteiger partial charge in [0.15, 0.2) is 0 Å². The lowest BCUT2D eigenvalue weighted by Gasteiger charge is -2.15. The van der Waals surface area contributed by atoms with Gasteiger partial charge >= 0.3 is 6.61 Å². The van der Waals surface area contributed by atoms with Crippen LogP contribution >= 0.6 is 15.9 Å². The molecule has 0 aliphatic heterocycles. The van der Waals surface area contributed by atoms with Crippen LogP contribution in [-0.4, -0.2) is 53.6 Å². The molecule has 0 fully saturated rings. The van der Waals surface area contributed by atoms with Gasteiger partial charge in [-0.2, -0.15) is 23.8 Å². The van der Waals surface area contributed by atoms with Gasteiger partial charge in [0.1, 0.15) is 10.6 Å². The van der Waals surface area contributed by atoms with Crippen molar-refractivity contribution in [3.8, 4) is 29.1 Å². The summed E-state index contributed by atoms with van der Waals surface area (Å²) in [7, 11) is -1.79. The molecule has 0 bridgehead atoms. The lowest BCUT2D eigenvalue weighted by molar-refractivity contribution is -0.0534. The maximum Gasteiger partial charge on any atom is 0.387 e. The van der Waals surface area contributed by atoms with E-state index in [1.807, 2.05) is 0 Å². The number of nitrogens with two attached hydrogens (primary N) is 1. The molecule has 3 aromatic heterocycles. The minimum Gasteiger partial charge on any atom is -0.478 e. The van der Waals surface area contributed by atoms with Gasteiger partial charge in [0.25, 0.3) is 11.8 Å². The third kappa shape index (κ3) is 4.09. The van der Waals surface area contributed by atoms with Crippen LogP contribution in [0.2, 0.25) is 0 Å². The Morgan fingerprint density at radius 2 is 1.82 bits per heavy atom. The van der Waals surface area contributed by atoms with Crippen molar-refractivity contribution >= 4 is 36.9 Å². The highest BCUT2D eigenvalue weighted by molar-refractivity contribution is 9.10. The first kappa shape index (κ1) is 22.9. The van der Waals surface area contributed by atoms with Gasteiger partial charge in [-0.15, -0.1) is 0 Å². The molecule has 0 radical (unpaired) electrons. The number of fused-ring (bicyclic) bond motifs is 1. The van der Waals surface area contributed by atoms with Gasteiger partial charge in [-0.1, -0.05) is 6.07 Å². The zero-order valence-electron chi connectivity index (χ0n) is 16.9. The zero-order chi connectivity index (χ0) is 23.9. The number of primary sulfonamides is 1. The van der Waals surface area contributed by atoms with E-state index in [-0.39, 0.29) is 28.0 Å². The molecule has 0 amide bonds. The molecule has 2 N–H and O–H groups in total. The van der Waals surface area contributed by atoms with Crippen LogP contribution in [-0.2, 0) is 10.0 Å². The largest absolute Gasteiger partial charge is 0.478 e. The molecule has 0 atom stereocenters. The monoisotopic (exact) mass is 544 g/mol. The second-order valence-electron chi connectivity index (χ2n) is 6.40. The number of methoxy groups -OCH3 is 2. The Morgan fingerprint density at radius 3 is 2.33 bits per heavy atom. The van der Waals surface area contributed by atoms with E-state index in [0.29, 0.717) is 15.7 Å². The third-order valence-electron chi connectivity index (χ3n) is 4.50. The lowest BCUT2D eigenvalue weighted by Crippen LogP contribution is -2.12. The first-order chi connectivity index (χ1) is 15.7. The van der Waals surface area contributed by atoms with E-state index in [2.05, 4.69) is 35.7 Å². The van der Waals surface area contributed by atoms with Gasteiger partial charge in [-0.25, -0.2) is 18.2 Å². The van der Waals surface area contributed by atoms with E-state index >= 15 is 0 Å². The number of halogens is 3. The highest BCUT2D eigenvalue weighted by Gasteiger charge is 2.27. The Balaban J connectivity index is 2.11. The lowest BCUT2D eigenvalue weighted by atomic mass is 10.2. The number of nitrogens with zero attached hydrogens (tertiary/aromatic N) is 5. The normalized spacial score (nSPS) is 11.8. The standard InChI is InChI=1S/C18H15BrF2N6O5S/c1-30-15-14(32-17(20)21)16(31-2)25-18(24-15)26-8-11(33(22,28)29)9-4-5-10(19)13(12(9)26)27-7-3-6-23-27/h3-8,17H,1-2H3,(H2,22,28,29). The molecule has 4 rings (SSSR count). The maximum absolute atomic E-state index is 12.9. The minimum atomic E-state index is -4.18. The molecule has 1 aromatic carbocycles. The fourth-order valence-electron chi connectivity index (χ4n) is 3.23. The van der Waals surface area contributed by atoms with E-state index < -0.39 is 22.4 Å².